The zero-order valence-electron chi connectivity index (χ0n) is 9.92. The number of anilines is 1. The standard InChI is InChI=1S/C11H21N3S/c1-4-6-8-10(7-5-2)12-11-14-13-9(3)15-11/h10H,4-8H2,1-3H3,(H,12,14). The van der Waals surface area contributed by atoms with Crippen molar-refractivity contribution in [2.24, 2.45) is 0 Å². The van der Waals surface area contributed by atoms with Gasteiger partial charge in [0.25, 0.3) is 0 Å². The van der Waals surface area contributed by atoms with Crippen molar-refractivity contribution in [2.75, 3.05) is 5.32 Å². The van der Waals surface area contributed by atoms with E-state index in [0.717, 1.165) is 10.1 Å². The van der Waals surface area contributed by atoms with E-state index < -0.39 is 0 Å². The molecule has 0 aromatic carbocycles. The van der Waals surface area contributed by atoms with Crippen LogP contribution in [0.25, 0.3) is 0 Å². The molecule has 86 valence electrons. The number of unbranched alkanes of at least 4 members (excludes halogenated alkanes) is 1. The Labute approximate surface area is 96.3 Å². The van der Waals surface area contributed by atoms with Crippen molar-refractivity contribution in [1.82, 2.24) is 10.2 Å². The molecule has 1 aromatic rings. The molecular weight excluding hydrogens is 206 g/mol. The first-order valence-corrected chi connectivity index (χ1v) is 6.64. The summed E-state index contributed by atoms with van der Waals surface area (Å²) in [6, 6.07) is 0.572. The summed E-state index contributed by atoms with van der Waals surface area (Å²) in [5.41, 5.74) is 0. The predicted molar refractivity (Wildman–Crippen MR) is 66.5 cm³/mol. The molecule has 1 N–H and O–H groups in total. The summed E-state index contributed by atoms with van der Waals surface area (Å²) in [7, 11) is 0. The molecule has 0 bridgehead atoms. The second kappa shape index (κ2) is 6.77. The van der Waals surface area contributed by atoms with Crippen molar-refractivity contribution in [2.45, 2.75) is 58.9 Å². The van der Waals surface area contributed by atoms with Gasteiger partial charge in [-0.15, -0.1) is 10.2 Å². The lowest BCUT2D eigenvalue weighted by Gasteiger charge is -2.16. The van der Waals surface area contributed by atoms with Crippen LogP contribution in [-0.4, -0.2) is 16.2 Å². The highest BCUT2D eigenvalue weighted by atomic mass is 32.1. The van der Waals surface area contributed by atoms with Crippen molar-refractivity contribution in [3.05, 3.63) is 5.01 Å². The first kappa shape index (κ1) is 12.4. The van der Waals surface area contributed by atoms with E-state index in [1.807, 2.05) is 6.92 Å². The lowest BCUT2D eigenvalue weighted by Crippen LogP contribution is -2.18. The molecule has 0 saturated carbocycles. The zero-order chi connectivity index (χ0) is 11.1. The number of hydrogen-bond donors (Lipinski definition) is 1. The molecular formula is C11H21N3S. The molecule has 1 unspecified atom stereocenters. The third-order valence-electron chi connectivity index (χ3n) is 2.40. The lowest BCUT2D eigenvalue weighted by atomic mass is 10.1. The van der Waals surface area contributed by atoms with Crippen LogP contribution < -0.4 is 5.32 Å². The maximum Gasteiger partial charge on any atom is 0.205 e. The van der Waals surface area contributed by atoms with Crippen LogP contribution >= 0.6 is 11.3 Å². The highest BCUT2D eigenvalue weighted by molar-refractivity contribution is 7.15. The van der Waals surface area contributed by atoms with Crippen molar-refractivity contribution in [3.8, 4) is 0 Å². The Morgan fingerprint density at radius 2 is 2.00 bits per heavy atom. The quantitative estimate of drug-likeness (QED) is 0.773. The average molecular weight is 227 g/mol. The minimum Gasteiger partial charge on any atom is -0.357 e. The molecule has 0 aliphatic carbocycles. The van der Waals surface area contributed by atoms with Gasteiger partial charge < -0.3 is 5.32 Å². The Morgan fingerprint density at radius 1 is 1.20 bits per heavy atom. The van der Waals surface area contributed by atoms with Crippen LogP contribution in [-0.2, 0) is 0 Å². The fourth-order valence-corrected chi connectivity index (χ4v) is 2.29. The molecule has 1 aromatic heterocycles. The van der Waals surface area contributed by atoms with Crippen LogP contribution in [0.15, 0.2) is 0 Å². The highest BCUT2D eigenvalue weighted by Crippen LogP contribution is 2.18. The van der Waals surface area contributed by atoms with E-state index in [4.69, 9.17) is 0 Å². The second-order valence-corrected chi connectivity index (χ2v) is 5.08. The Kier molecular flexibility index (Phi) is 5.61. The van der Waals surface area contributed by atoms with Crippen molar-refractivity contribution >= 4 is 16.5 Å². The minimum absolute atomic E-state index is 0.572. The lowest BCUT2D eigenvalue weighted by molar-refractivity contribution is 0.563. The predicted octanol–water partition coefficient (Wildman–Crippen LogP) is 3.62. The summed E-state index contributed by atoms with van der Waals surface area (Å²) in [4.78, 5) is 0. The van der Waals surface area contributed by atoms with Crippen LogP contribution in [0, 0.1) is 6.92 Å². The van der Waals surface area contributed by atoms with Gasteiger partial charge in [0.2, 0.25) is 5.13 Å². The van der Waals surface area contributed by atoms with Crippen LogP contribution in [0.5, 0.6) is 0 Å². The molecule has 15 heavy (non-hydrogen) atoms. The van der Waals surface area contributed by atoms with Gasteiger partial charge in [0.05, 0.1) is 0 Å². The molecule has 0 aliphatic heterocycles. The molecule has 0 fully saturated rings. The summed E-state index contributed by atoms with van der Waals surface area (Å²) in [6.45, 7) is 6.45. The van der Waals surface area contributed by atoms with E-state index in [1.165, 1.54) is 32.1 Å². The van der Waals surface area contributed by atoms with E-state index >= 15 is 0 Å². The summed E-state index contributed by atoms with van der Waals surface area (Å²) >= 11 is 1.64. The molecule has 0 aliphatic rings. The fraction of sp³-hybridized carbons (Fsp3) is 0.818. The molecule has 1 heterocycles. The minimum atomic E-state index is 0.572. The number of nitrogens with one attached hydrogen (secondary N) is 1. The summed E-state index contributed by atoms with van der Waals surface area (Å²) < 4.78 is 0. The van der Waals surface area contributed by atoms with E-state index in [2.05, 4.69) is 29.4 Å². The summed E-state index contributed by atoms with van der Waals surface area (Å²) in [5, 5.41) is 13.6. The molecule has 1 atom stereocenters. The van der Waals surface area contributed by atoms with Gasteiger partial charge in [-0.2, -0.15) is 0 Å². The third kappa shape index (κ3) is 4.60. The number of rotatable bonds is 7. The highest BCUT2D eigenvalue weighted by Gasteiger charge is 2.09. The van der Waals surface area contributed by atoms with Crippen LogP contribution in [0.4, 0.5) is 5.13 Å². The maximum atomic E-state index is 4.10. The van der Waals surface area contributed by atoms with Crippen molar-refractivity contribution in [3.63, 3.8) is 0 Å². The first-order chi connectivity index (χ1) is 7.26. The zero-order valence-corrected chi connectivity index (χ0v) is 10.7. The third-order valence-corrected chi connectivity index (χ3v) is 3.17. The smallest absolute Gasteiger partial charge is 0.205 e. The van der Waals surface area contributed by atoms with Gasteiger partial charge in [-0.3, -0.25) is 0 Å². The van der Waals surface area contributed by atoms with Gasteiger partial charge in [0.15, 0.2) is 0 Å². The van der Waals surface area contributed by atoms with Gasteiger partial charge in [-0.25, -0.2) is 0 Å². The number of nitrogens with zero attached hydrogens (tertiary/aromatic N) is 2. The fourth-order valence-electron chi connectivity index (χ4n) is 1.62. The van der Waals surface area contributed by atoms with Crippen LogP contribution in [0.3, 0.4) is 0 Å². The average Bonchev–Trinajstić information content (AvgIpc) is 2.61. The van der Waals surface area contributed by atoms with Gasteiger partial charge in [-0.05, 0) is 19.8 Å². The molecule has 0 radical (unpaired) electrons. The molecule has 4 heteroatoms. The van der Waals surface area contributed by atoms with Gasteiger partial charge in [0, 0.05) is 6.04 Å². The number of aryl methyl sites for hydroxylation is 1. The van der Waals surface area contributed by atoms with Crippen molar-refractivity contribution < 1.29 is 0 Å². The van der Waals surface area contributed by atoms with Crippen LogP contribution in [0.2, 0.25) is 0 Å². The maximum absolute atomic E-state index is 4.10. The Hall–Kier alpha value is -0.640. The van der Waals surface area contributed by atoms with Gasteiger partial charge in [0.1, 0.15) is 5.01 Å². The summed E-state index contributed by atoms with van der Waals surface area (Å²) in [5.74, 6) is 0. The second-order valence-electron chi connectivity index (χ2n) is 3.90. The number of aromatic nitrogens is 2. The molecule has 3 nitrogen and oxygen atoms in total. The van der Waals surface area contributed by atoms with Gasteiger partial charge in [-0.1, -0.05) is 44.4 Å². The normalized spacial score (nSPS) is 12.7. The summed E-state index contributed by atoms with van der Waals surface area (Å²) in [6.07, 6.45) is 6.23. The van der Waals surface area contributed by atoms with Gasteiger partial charge >= 0.3 is 0 Å². The van der Waals surface area contributed by atoms with E-state index in [9.17, 15) is 0 Å². The first-order valence-electron chi connectivity index (χ1n) is 5.82. The molecule has 0 spiro atoms. The van der Waals surface area contributed by atoms with E-state index in [1.54, 1.807) is 11.3 Å². The Bertz CT molecular complexity index is 273. The monoisotopic (exact) mass is 227 g/mol. The Morgan fingerprint density at radius 3 is 2.53 bits per heavy atom. The van der Waals surface area contributed by atoms with Crippen molar-refractivity contribution in [1.29, 1.82) is 0 Å². The van der Waals surface area contributed by atoms with Crippen LogP contribution in [0.1, 0.15) is 51.0 Å². The molecule has 0 amide bonds. The molecule has 0 saturated heterocycles. The topological polar surface area (TPSA) is 37.8 Å². The largest absolute Gasteiger partial charge is 0.357 e. The molecule has 1 rings (SSSR count). The van der Waals surface area contributed by atoms with E-state index in [-0.39, 0.29) is 0 Å². The Balaban J connectivity index is 2.42. The SMILES string of the molecule is CCCCC(CCC)Nc1nnc(C)s1. The van der Waals surface area contributed by atoms with E-state index in [0.29, 0.717) is 6.04 Å². The number of hydrogen-bond acceptors (Lipinski definition) is 4.